The predicted molar refractivity (Wildman–Crippen MR) is 126 cm³/mol. The van der Waals surface area contributed by atoms with Crippen LogP contribution < -0.4 is 9.47 Å². The molecule has 0 aliphatic carbocycles. The molecule has 1 aliphatic heterocycles. The number of likely N-dealkylation sites (N-methyl/N-ethyl adjacent to an activating group) is 1. The predicted octanol–water partition coefficient (Wildman–Crippen LogP) is 5.47. The average Bonchev–Trinajstić information content (AvgIpc) is 2.75. The van der Waals surface area contributed by atoms with Gasteiger partial charge >= 0.3 is 11.9 Å². The summed E-state index contributed by atoms with van der Waals surface area (Å²) in [4.78, 5) is 22.7. The lowest BCUT2D eigenvalue weighted by atomic mass is 9.79. The van der Waals surface area contributed by atoms with Crippen LogP contribution >= 0.6 is 0 Å². The van der Waals surface area contributed by atoms with Crippen molar-refractivity contribution in [3.63, 3.8) is 0 Å². The number of nitrogens with zero attached hydrogens (tertiary/aromatic N) is 1. The summed E-state index contributed by atoms with van der Waals surface area (Å²) >= 11 is 0. The van der Waals surface area contributed by atoms with Crippen LogP contribution in [-0.2, 0) is 9.59 Å². The molecule has 0 amide bonds. The van der Waals surface area contributed by atoms with Crippen molar-refractivity contribution in [3.8, 4) is 11.5 Å². The molecule has 0 radical (unpaired) electrons. The molecule has 2 aromatic rings. The Morgan fingerprint density at radius 2 is 1.41 bits per heavy atom. The molecular formula is C27H36NO4+. The number of hydrogen-bond donors (Lipinski definition) is 0. The topological polar surface area (TPSA) is 52.6 Å². The van der Waals surface area contributed by atoms with E-state index in [4.69, 9.17) is 9.47 Å². The summed E-state index contributed by atoms with van der Waals surface area (Å²) in [5, 5.41) is 0. The zero-order valence-electron chi connectivity index (χ0n) is 19.8. The van der Waals surface area contributed by atoms with Gasteiger partial charge in [0, 0.05) is 20.3 Å². The fourth-order valence-corrected chi connectivity index (χ4v) is 5.08. The highest BCUT2D eigenvalue weighted by Crippen LogP contribution is 2.40. The van der Waals surface area contributed by atoms with Gasteiger partial charge in [-0.2, -0.15) is 0 Å². The molecule has 5 heteroatoms. The van der Waals surface area contributed by atoms with Crippen molar-refractivity contribution in [1.82, 2.24) is 0 Å². The van der Waals surface area contributed by atoms with Crippen LogP contribution in [0.4, 0.5) is 0 Å². The number of piperidine rings is 1. The lowest BCUT2D eigenvalue weighted by Gasteiger charge is -2.48. The summed E-state index contributed by atoms with van der Waals surface area (Å²) in [6.45, 7) is 7.46. The fraction of sp³-hybridized carbons (Fsp3) is 0.481. The van der Waals surface area contributed by atoms with Crippen LogP contribution in [0, 0.1) is 0 Å². The number of unbranched alkanes of at least 4 members (excludes halogenated alkanes) is 1. The number of rotatable bonds is 8. The van der Waals surface area contributed by atoms with Crippen LogP contribution in [0.25, 0.3) is 0 Å². The SMILES string of the molecule is CCCC[N+]1(C)CCCCC1C(c1ccc(OC(C)=O)cc1)c1ccc(OC(C)=O)cc1. The van der Waals surface area contributed by atoms with E-state index in [1.807, 2.05) is 24.3 Å². The first kappa shape index (κ1) is 24.0. The van der Waals surface area contributed by atoms with Crippen LogP contribution in [0.2, 0.25) is 0 Å². The molecule has 2 atom stereocenters. The van der Waals surface area contributed by atoms with E-state index in [1.54, 1.807) is 0 Å². The van der Waals surface area contributed by atoms with Gasteiger partial charge in [0.25, 0.3) is 0 Å². The first-order valence-electron chi connectivity index (χ1n) is 11.7. The number of carbonyl (C=O) groups excluding carboxylic acids is 2. The standard InChI is InChI=1S/C27H36NO4/c1-5-6-18-28(4)19-8-7-9-26(28)27(22-10-14-24(15-11-22)31-20(2)29)23-12-16-25(17-13-23)32-21(3)30/h10-17,26-27H,5-9,18-19H2,1-4H3/q+1. The highest BCUT2D eigenvalue weighted by Gasteiger charge is 2.41. The maximum absolute atomic E-state index is 11.3. The Morgan fingerprint density at radius 3 is 1.84 bits per heavy atom. The van der Waals surface area contributed by atoms with E-state index in [-0.39, 0.29) is 17.9 Å². The van der Waals surface area contributed by atoms with E-state index >= 15 is 0 Å². The molecule has 2 aromatic carbocycles. The number of carbonyl (C=O) groups is 2. The second-order valence-electron chi connectivity index (χ2n) is 9.15. The normalized spacial score (nSPS) is 20.7. The average molecular weight is 439 g/mol. The van der Waals surface area contributed by atoms with Crippen molar-refractivity contribution in [2.45, 2.75) is 64.8 Å². The summed E-state index contributed by atoms with van der Waals surface area (Å²) < 4.78 is 11.6. The van der Waals surface area contributed by atoms with E-state index < -0.39 is 0 Å². The van der Waals surface area contributed by atoms with E-state index in [0.29, 0.717) is 17.5 Å². The molecular weight excluding hydrogens is 402 g/mol. The van der Waals surface area contributed by atoms with Crippen LogP contribution in [0.3, 0.4) is 0 Å². The number of ether oxygens (including phenoxy) is 2. The summed E-state index contributed by atoms with van der Waals surface area (Å²) in [7, 11) is 2.41. The fourth-order valence-electron chi connectivity index (χ4n) is 5.08. The summed E-state index contributed by atoms with van der Waals surface area (Å²) in [6.07, 6.45) is 6.08. The third-order valence-corrected chi connectivity index (χ3v) is 6.63. The molecule has 5 nitrogen and oxygen atoms in total. The van der Waals surface area contributed by atoms with Crippen LogP contribution in [0.5, 0.6) is 11.5 Å². The minimum Gasteiger partial charge on any atom is -0.427 e. The Bertz CT molecular complexity index is 847. The van der Waals surface area contributed by atoms with Gasteiger partial charge in [-0.05, 0) is 54.7 Å². The lowest BCUT2D eigenvalue weighted by Crippen LogP contribution is -2.57. The van der Waals surface area contributed by atoms with Crippen molar-refractivity contribution in [1.29, 1.82) is 0 Å². The van der Waals surface area contributed by atoms with E-state index in [2.05, 4.69) is 38.2 Å². The Labute approximate surface area is 191 Å². The molecule has 0 bridgehead atoms. The number of esters is 2. The minimum atomic E-state index is -0.313. The monoisotopic (exact) mass is 438 g/mol. The third kappa shape index (κ3) is 5.98. The number of likely N-dealkylation sites (tertiary alicyclic amines) is 1. The van der Waals surface area contributed by atoms with Gasteiger partial charge in [-0.15, -0.1) is 0 Å². The van der Waals surface area contributed by atoms with Gasteiger partial charge < -0.3 is 14.0 Å². The van der Waals surface area contributed by atoms with Gasteiger partial charge in [0.1, 0.15) is 11.5 Å². The summed E-state index contributed by atoms with van der Waals surface area (Å²) in [5.74, 6) is 0.710. The largest absolute Gasteiger partial charge is 0.427 e. The highest BCUT2D eigenvalue weighted by atomic mass is 16.5. The number of quaternary nitrogens is 1. The van der Waals surface area contributed by atoms with Crippen molar-refractivity contribution < 1.29 is 23.5 Å². The molecule has 172 valence electrons. The maximum Gasteiger partial charge on any atom is 0.308 e. The lowest BCUT2D eigenvalue weighted by molar-refractivity contribution is -0.939. The Balaban J connectivity index is 2.00. The molecule has 32 heavy (non-hydrogen) atoms. The van der Waals surface area contributed by atoms with Crippen molar-refractivity contribution in [2.75, 3.05) is 20.1 Å². The van der Waals surface area contributed by atoms with Gasteiger partial charge in [0.2, 0.25) is 0 Å². The summed E-state index contributed by atoms with van der Waals surface area (Å²) in [6, 6.07) is 16.3. The quantitative estimate of drug-likeness (QED) is 0.312. The summed E-state index contributed by atoms with van der Waals surface area (Å²) in [5.41, 5.74) is 2.43. The maximum atomic E-state index is 11.3. The van der Waals surface area contributed by atoms with Crippen molar-refractivity contribution >= 4 is 11.9 Å². The Morgan fingerprint density at radius 1 is 0.906 bits per heavy atom. The third-order valence-electron chi connectivity index (χ3n) is 6.63. The van der Waals surface area contributed by atoms with Crippen molar-refractivity contribution in [3.05, 3.63) is 59.7 Å². The molecule has 0 saturated carbocycles. The van der Waals surface area contributed by atoms with Crippen molar-refractivity contribution in [2.24, 2.45) is 0 Å². The Kier molecular flexibility index (Phi) is 8.08. The Hall–Kier alpha value is -2.66. The molecule has 0 aromatic heterocycles. The molecule has 0 N–H and O–H groups in total. The van der Waals surface area contributed by atoms with E-state index in [1.165, 1.54) is 70.2 Å². The van der Waals surface area contributed by atoms with Gasteiger partial charge in [-0.1, -0.05) is 37.6 Å². The van der Waals surface area contributed by atoms with Gasteiger partial charge in [0.15, 0.2) is 0 Å². The molecule has 0 spiro atoms. The molecule has 2 unspecified atom stereocenters. The van der Waals surface area contributed by atoms with Crippen LogP contribution in [0.1, 0.15) is 69.9 Å². The zero-order chi connectivity index (χ0) is 23.1. The molecule has 3 rings (SSSR count). The van der Waals surface area contributed by atoms with Gasteiger partial charge in [0.05, 0.1) is 32.1 Å². The number of benzene rings is 2. The molecule has 1 fully saturated rings. The van der Waals surface area contributed by atoms with Crippen LogP contribution in [-0.4, -0.2) is 42.6 Å². The zero-order valence-corrected chi connectivity index (χ0v) is 19.8. The van der Waals surface area contributed by atoms with Crippen LogP contribution in [0.15, 0.2) is 48.5 Å². The number of hydrogen-bond acceptors (Lipinski definition) is 4. The smallest absolute Gasteiger partial charge is 0.308 e. The first-order valence-corrected chi connectivity index (χ1v) is 11.7. The van der Waals surface area contributed by atoms with E-state index in [9.17, 15) is 9.59 Å². The highest BCUT2D eigenvalue weighted by molar-refractivity contribution is 5.69. The second-order valence-corrected chi connectivity index (χ2v) is 9.15. The van der Waals surface area contributed by atoms with Gasteiger partial charge in [-0.25, -0.2) is 0 Å². The molecule has 1 heterocycles. The molecule has 1 aliphatic rings. The first-order chi connectivity index (χ1) is 15.3. The molecule has 1 saturated heterocycles. The second kappa shape index (κ2) is 10.8. The minimum absolute atomic E-state index is 0.204. The van der Waals surface area contributed by atoms with Gasteiger partial charge in [-0.3, -0.25) is 9.59 Å². The van der Waals surface area contributed by atoms with E-state index in [0.717, 1.165) is 4.48 Å².